The molecule has 7 nitrogen and oxygen atoms in total. The van der Waals surface area contributed by atoms with Crippen LogP contribution in [0.3, 0.4) is 0 Å². The van der Waals surface area contributed by atoms with Gasteiger partial charge in [-0.2, -0.15) is 0 Å². The van der Waals surface area contributed by atoms with Crippen LogP contribution >= 0.6 is 0 Å². The van der Waals surface area contributed by atoms with Gasteiger partial charge in [-0.25, -0.2) is 4.98 Å². The minimum absolute atomic E-state index is 0.0322. The Morgan fingerprint density at radius 1 is 1.13 bits per heavy atom. The number of hydrogen-bond donors (Lipinski definition) is 2. The van der Waals surface area contributed by atoms with Gasteiger partial charge in [-0.1, -0.05) is 25.3 Å². The van der Waals surface area contributed by atoms with Gasteiger partial charge in [0.2, 0.25) is 0 Å². The van der Waals surface area contributed by atoms with Gasteiger partial charge in [-0.3, -0.25) is 4.99 Å². The number of aliphatic imine (C=N–C) groups is 1. The summed E-state index contributed by atoms with van der Waals surface area (Å²) < 4.78 is 13.1. The Bertz CT molecular complexity index is 798. The molecule has 30 heavy (non-hydrogen) atoms. The van der Waals surface area contributed by atoms with Crippen molar-refractivity contribution in [3.8, 4) is 11.5 Å². The van der Waals surface area contributed by atoms with E-state index in [0.29, 0.717) is 0 Å². The number of methoxy groups -OCH3 is 2. The lowest BCUT2D eigenvalue weighted by atomic mass is 9.69. The lowest BCUT2D eigenvalue weighted by Gasteiger charge is -2.37. The first kappa shape index (κ1) is 22.0. The normalized spacial score (nSPS) is 16.2. The Morgan fingerprint density at radius 3 is 2.60 bits per heavy atom. The molecule has 0 saturated heterocycles. The van der Waals surface area contributed by atoms with Crippen LogP contribution in [0.25, 0.3) is 0 Å². The second-order valence-corrected chi connectivity index (χ2v) is 7.83. The van der Waals surface area contributed by atoms with Crippen molar-refractivity contribution in [2.75, 3.05) is 33.9 Å². The largest absolute Gasteiger partial charge is 0.493 e. The molecular weight excluding hydrogens is 378 g/mol. The summed E-state index contributed by atoms with van der Waals surface area (Å²) in [5.74, 6) is 2.42. The maximum absolute atomic E-state index is 5.57. The second-order valence-electron chi connectivity index (χ2n) is 7.83. The van der Waals surface area contributed by atoms with E-state index in [2.05, 4.69) is 39.2 Å². The van der Waals surface area contributed by atoms with Crippen LogP contribution in [0.15, 0.2) is 41.9 Å². The van der Waals surface area contributed by atoms with E-state index in [1.54, 1.807) is 20.4 Å². The van der Waals surface area contributed by atoms with Gasteiger partial charge in [0, 0.05) is 37.4 Å². The fourth-order valence-electron chi connectivity index (χ4n) is 4.23. The van der Waals surface area contributed by atoms with E-state index in [4.69, 9.17) is 14.5 Å². The number of ether oxygens (including phenoxy) is 2. The van der Waals surface area contributed by atoms with Crippen LogP contribution in [0, 0.1) is 0 Å². The third kappa shape index (κ3) is 5.46. The molecule has 2 aromatic rings. The summed E-state index contributed by atoms with van der Waals surface area (Å²) in [5.41, 5.74) is 1.32. The second kappa shape index (κ2) is 10.9. The molecule has 0 unspecified atom stereocenters. The highest BCUT2D eigenvalue weighted by Gasteiger charge is 2.34. The molecule has 1 aliphatic rings. The quantitative estimate of drug-likeness (QED) is 0.487. The third-order valence-corrected chi connectivity index (χ3v) is 5.91. The number of hydrogen-bond acceptors (Lipinski definition) is 4. The van der Waals surface area contributed by atoms with Crippen molar-refractivity contribution < 1.29 is 9.47 Å². The molecule has 1 saturated carbocycles. The van der Waals surface area contributed by atoms with Crippen molar-refractivity contribution in [1.29, 1.82) is 0 Å². The zero-order valence-corrected chi connectivity index (χ0v) is 18.5. The fourth-order valence-corrected chi connectivity index (χ4v) is 4.23. The first-order chi connectivity index (χ1) is 14.7. The van der Waals surface area contributed by atoms with E-state index in [9.17, 15) is 0 Å². The highest BCUT2D eigenvalue weighted by atomic mass is 16.5. The number of imidazole rings is 1. The molecule has 0 bridgehead atoms. The van der Waals surface area contributed by atoms with Crippen LogP contribution in [0.2, 0.25) is 0 Å². The molecule has 0 radical (unpaired) electrons. The van der Waals surface area contributed by atoms with Crippen LogP contribution in [-0.2, 0) is 12.0 Å². The predicted molar refractivity (Wildman–Crippen MR) is 121 cm³/mol. The summed E-state index contributed by atoms with van der Waals surface area (Å²) >= 11 is 0. The summed E-state index contributed by atoms with van der Waals surface area (Å²) in [6.45, 7) is 5.33. The number of guanidine groups is 1. The SMILES string of the molecule is CCNC(=NCC1(c2ccc(OC)c(OC)c2)CCCCC1)NCCn1ccnc1. The molecule has 0 amide bonds. The molecule has 1 heterocycles. The van der Waals surface area contributed by atoms with Crippen LogP contribution in [-0.4, -0.2) is 49.4 Å². The average molecular weight is 414 g/mol. The summed E-state index contributed by atoms with van der Waals surface area (Å²) in [6.07, 6.45) is 11.6. The minimum atomic E-state index is 0.0322. The minimum Gasteiger partial charge on any atom is -0.493 e. The molecular formula is C23H35N5O2. The van der Waals surface area contributed by atoms with E-state index in [1.807, 2.05) is 18.6 Å². The number of rotatable bonds is 9. The van der Waals surface area contributed by atoms with E-state index < -0.39 is 0 Å². The van der Waals surface area contributed by atoms with Crippen molar-refractivity contribution in [3.05, 3.63) is 42.5 Å². The topological polar surface area (TPSA) is 72.7 Å². The third-order valence-electron chi connectivity index (χ3n) is 5.91. The van der Waals surface area contributed by atoms with Crippen LogP contribution in [0.4, 0.5) is 0 Å². The van der Waals surface area contributed by atoms with Gasteiger partial charge < -0.3 is 24.7 Å². The number of nitrogens with one attached hydrogen (secondary N) is 2. The van der Waals surface area contributed by atoms with Gasteiger partial charge in [0.15, 0.2) is 17.5 Å². The van der Waals surface area contributed by atoms with E-state index in [1.165, 1.54) is 24.8 Å². The molecule has 1 fully saturated rings. The Kier molecular flexibility index (Phi) is 7.99. The standard InChI is InChI=1S/C23H35N5O2/c1-4-25-22(26-13-15-28-14-12-24-18-28)27-17-23(10-6-5-7-11-23)19-8-9-20(29-2)21(16-19)30-3/h8-9,12,14,16,18H,4-7,10-11,13,15,17H2,1-3H3,(H2,25,26,27). The summed E-state index contributed by atoms with van der Waals surface area (Å²) in [4.78, 5) is 9.09. The zero-order chi connectivity index (χ0) is 21.2. The Balaban J connectivity index is 1.76. The van der Waals surface area contributed by atoms with Crippen molar-refractivity contribution in [2.45, 2.75) is 51.0 Å². The summed E-state index contributed by atoms with van der Waals surface area (Å²) in [6, 6.07) is 6.34. The van der Waals surface area contributed by atoms with Crippen molar-refractivity contribution in [3.63, 3.8) is 0 Å². The molecule has 164 valence electrons. The molecule has 2 N–H and O–H groups in total. The van der Waals surface area contributed by atoms with Gasteiger partial charge in [-0.15, -0.1) is 0 Å². The van der Waals surface area contributed by atoms with E-state index >= 15 is 0 Å². The monoisotopic (exact) mass is 413 g/mol. The lowest BCUT2D eigenvalue weighted by Crippen LogP contribution is -2.41. The van der Waals surface area contributed by atoms with Crippen molar-refractivity contribution in [2.24, 2.45) is 4.99 Å². The molecule has 7 heteroatoms. The molecule has 3 rings (SSSR count). The van der Waals surface area contributed by atoms with E-state index in [0.717, 1.165) is 56.5 Å². The molecule has 1 aromatic carbocycles. The Morgan fingerprint density at radius 2 is 1.93 bits per heavy atom. The molecule has 0 atom stereocenters. The smallest absolute Gasteiger partial charge is 0.191 e. The van der Waals surface area contributed by atoms with E-state index in [-0.39, 0.29) is 5.41 Å². The van der Waals surface area contributed by atoms with Crippen LogP contribution in [0.5, 0.6) is 11.5 Å². The number of aromatic nitrogens is 2. The first-order valence-corrected chi connectivity index (χ1v) is 10.9. The van der Waals surface area contributed by atoms with Crippen molar-refractivity contribution in [1.82, 2.24) is 20.2 Å². The van der Waals surface area contributed by atoms with Gasteiger partial charge in [0.05, 0.1) is 27.1 Å². The Hall–Kier alpha value is -2.70. The highest BCUT2D eigenvalue weighted by Crippen LogP contribution is 2.42. The summed E-state index contributed by atoms with van der Waals surface area (Å²) in [5, 5.41) is 6.83. The molecule has 0 aliphatic heterocycles. The maximum Gasteiger partial charge on any atom is 0.191 e. The summed E-state index contributed by atoms with van der Waals surface area (Å²) in [7, 11) is 3.37. The van der Waals surface area contributed by atoms with Gasteiger partial charge >= 0.3 is 0 Å². The predicted octanol–water partition coefficient (Wildman–Crippen LogP) is 3.36. The Labute approximate surface area is 179 Å². The molecule has 1 aromatic heterocycles. The zero-order valence-electron chi connectivity index (χ0n) is 18.5. The van der Waals surface area contributed by atoms with Crippen LogP contribution < -0.4 is 20.1 Å². The molecule has 0 spiro atoms. The van der Waals surface area contributed by atoms with Gasteiger partial charge in [0.25, 0.3) is 0 Å². The van der Waals surface area contributed by atoms with Gasteiger partial charge in [-0.05, 0) is 37.5 Å². The average Bonchev–Trinajstić information content (AvgIpc) is 3.31. The van der Waals surface area contributed by atoms with Crippen LogP contribution in [0.1, 0.15) is 44.6 Å². The van der Waals surface area contributed by atoms with Crippen molar-refractivity contribution >= 4 is 5.96 Å². The number of nitrogens with zero attached hydrogens (tertiary/aromatic N) is 3. The van der Waals surface area contributed by atoms with Gasteiger partial charge in [0.1, 0.15) is 0 Å². The highest BCUT2D eigenvalue weighted by molar-refractivity contribution is 5.79. The lowest BCUT2D eigenvalue weighted by molar-refractivity contribution is 0.298. The first-order valence-electron chi connectivity index (χ1n) is 10.9. The fraction of sp³-hybridized carbons (Fsp3) is 0.565. The maximum atomic E-state index is 5.57. The number of benzene rings is 1. The molecule has 1 aliphatic carbocycles.